The van der Waals surface area contributed by atoms with E-state index >= 15 is 0 Å². The van der Waals surface area contributed by atoms with Gasteiger partial charge in [0.15, 0.2) is 0 Å². The third kappa shape index (κ3) is 3.34. The van der Waals surface area contributed by atoms with Crippen LogP contribution in [-0.4, -0.2) is 16.5 Å². The van der Waals surface area contributed by atoms with Crippen LogP contribution in [0.3, 0.4) is 0 Å². The van der Waals surface area contributed by atoms with Crippen molar-refractivity contribution in [2.75, 3.05) is 0 Å². The molecule has 3 aromatic rings. The Balaban J connectivity index is 1.72. The van der Waals surface area contributed by atoms with Gasteiger partial charge in [-0.05, 0) is 64.4 Å². The highest BCUT2D eigenvalue weighted by Crippen LogP contribution is 2.42. The molecule has 4 rings (SSSR count). The molecule has 3 nitrogen and oxygen atoms in total. The molecule has 4 heteroatoms. The highest BCUT2D eigenvalue weighted by molar-refractivity contribution is 14.1. The average Bonchev–Trinajstić information content (AvgIpc) is 2.91. The van der Waals surface area contributed by atoms with Crippen LogP contribution in [0, 0.1) is 0 Å². The predicted octanol–water partition coefficient (Wildman–Crippen LogP) is 6.37. The molecule has 1 fully saturated rings. The number of cyclic esters (lactones) is 1. The summed E-state index contributed by atoms with van der Waals surface area (Å²) < 4.78 is 6.71. The summed E-state index contributed by atoms with van der Waals surface area (Å²) in [6, 6.07) is 24.6. The minimum Gasteiger partial charge on any atom is -0.411 e. The van der Waals surface area contributed by atoms with E-state index in [1.807, 2.05) is 56.3 Å². The normalized spacial score (nSPS) is 17.9. The summed E-state index contributed by atoms with van der Waals surface area (Å²) in [5.74, 6) is 0.708. The van der Waals surface area contributed by atoms with Crippen LogP contribution in [0.2, 0.25) is 0 Å². The summed E-state index contributed by atoms with van der Waals surface area (Å²) >= 11 is 2.29. The summed E-state index contributed by atoms with van der Waals surface area (Å²) in [5, 5.41) is 2.37. The first-order valence-electron chi connectivity index (χ1n) is 8.89. The van der Waals surface area contributed by atoms with Gasteiger partial charge >= 0.3 is 6.09 Å². The quantitative estimate of drug-likeness (QED) is 0.417. The zero-order valence-corrected chi connectivity index (χ0v) is 17.4. The van der Waals surface area contributed by atoms with Crippen molar-refractivity contribution in [3.05, 3.63) is 89.7 Å². The third-order valence-electron chi connectivity index (χ3n) is 5.03. The number of fused-ring (bicyclic) bond motifs is 1. The van der Waals surface area contributed by atoms with Crippen LogP contribution in [0.4, 0.5) is 4.79 Å². The van der Waals surface area contributed by atoms with Crippen molar-refractivity contribution in [1.29, 1.82) is 0 Å². The standard InChI is InChI=1S/C23H20INO2/c1-23(2)21(27-22(26)25(23)15-16-8-4-3-5-9-16)20(24)19-13-12-17-10-6-7-11-18(17)14-19/h3-14H,15H2,1-2H3/b21-20+. The molecule has 0 N–H and O–H groups in total. The molecule has 0 radical (unpaired) electrons. The fraction of sp³-hybridized carbons (Fsp3) is 0.174. The highest BCUT2D eigenvalue weighted by atomic mass is 127. The van der Waals surface area contributed by atoms with Gasteiger partial charge in [-0.15, -0.1) is 0 Å². The Morgan fingerprint density at radius 3 is 2.37 bits per heavy atom. The lowest BCUT2D eigenvalue weighted by atomic mass is 9.98. The van der Waals surface area contributed by atoms with E-state index in [-0.39, 0.29) is 6.09 Å². The second-order valence-corrected chi connectivity index (χ2v) is 8.28. The van der Waals surface area contributed by atoms with E-state index < -0.39 is 5.54 Å². The van der Waals surface area contributed by atoms with Crippen molar-refractivity contribution in [3.63, 3.8) is 0 Å². The minimum absolute atomic E-state index is 0.297. The van der Waals surface area contributed by atoms with Crippen molar-refractivity contribution >= 4 is 43.0 Å². The van der Waals surface area contributed by atoms with Crippen LogP contribution < -0.4 is 0 Å². The van der Waals surface area contributed by atoms with Crippen LogP contribution >= 0.6 is 22.6 Å². The Labute approximate surface area is 172 Å². The van der Waals surface area contributed by atoms with Gasteiger partial charge in [0.05, 0.1) is 10.1 Å². The minimum atomic E-state index is -0.519. The molecule has 27 heavy (non-hydrogen) atoms. The number of hydrogen-bond acceptors (Lipinski definition) is 2. The number of ether oxygens (including phenoxy) is 1. The average molecular weight is 469 g/mol. The predicted molar refractivity (Wildman–Crippen MR) is 117 cm³/mol. The second kappa shape index (κ2) is 7.00. The second-order valence-electron chi connectivity index (χ2n) is 7.20. The molecular weight excluding hydrogens is 449 g/mol. The van der Waals surface area contributed by atoms with E-state index in [4.69, 9.17) is 4.74 Å². The van der Waals surface area contributed by atoms with Crippen LogP contribution in [0.1, 0.15) is 25.0 Å². The molecule has 0 aliphatic carbocycles. The Hall–Kier alpha value is -2.34. The smallest absolute Gasteiger partial charge is 0.411 e. The molecule has 1 aliphatic rings. The molecule has 0 spiro atoms. The maximum Gasteiger partial charge on any atom is 0.416 e. The number of benzene rings is 3. The summed E-state index contributed by atoms with van der Waals surface area (Å²) in [7, 11) is 0. The van der Waals surface area contributed by atoms with Gasteiger partial charge in [0.2, 0.25) is 0 Å². The van der Waals surface area contributed by atoms with E-state index in [0.717, 1.165) is 14.7 Å². The fourth-order valence-electron chi connectivity index (χ4n) is 3.42. The molecular formula is C23H20INO2. The van der Waals surface area contributed by atoms with E-state index in [1.165, 1.54) is 10.8 Å². The molecule has 1 aliphatic heterocycles. The molecule has 1 saturated heterocycles. The summed E-state index contributed by atoms with van der Waals surface area (Å²) in [4.78, 5) is 14.4. The molecule has 0 saturated carbocycles. The monoisotopic (exact) mass is 469 g/mol. The number of amides is 1. The fourth-order valence-corrected chi connectivity index (χ4v) is 4.52. The molecule has 0 unspecified atom stereocenters. The first-order valence-corrected chi connectivity index (χ1v) is 9.97. The molecule has 1 heterocycles. The Morgan fingerprint density at radius 1 is 0.963 bits per heavy atom. The van der Waals surface area contributed by atoms with E-state index in [9.17, 15) is 4.79 Å². The molecule has 0 aromatic heterocycles. The van der Waals surface area contributed by atoms with Gasteiger partial charge in [-0.25, -0.2) is 4.79 Å². The van der Waals surface area contributed by atoms with Gasteiger partial charge < -0.3 is 4.74 Å². The van der Waals surface area contributed by atoms with Gasteiger partial charge in [0.1, 0.15) is 11.3 Å². The third-order valence-corrected chi connectivity index (χ3v) is 6.14. The summed E-state index contributed by atoms with van der Waals surface area (Å²) in [5.41, 5.74) is 1.63. The molecule has 0 bridgehead atoms. The highest BCUT2D eigenvalue weighted by Gasteiger charge is 2.46. The van der Waals surface area contributed by atoms with Crippen molar-refractivity contribution in [2.45, 2.75) is 25.9 Å². The van der Waals surface area contributed by atoms with Gasteiger partial charge in [0.25, 0.3) is 0 Å². The van der Waals surface area contributed by atoms with Gasteiger partial charge in [-0.1, -0.05) is 66.7 Å². The maximum absolute atomic E-state index is 12.6. The summed E-state index contributed by atoms with van der Waals surface area (Å²) in [6.07, 6.45) is -0.297. The number of nitrogens with zero attached hydrogens (tertiary/aromatic N) is 1. The number of halogens is 1. The van der Waals surface area contributed by atoms with E-state index in [0.29, 0.717) is 12.3 Å². The Kier molecular flexibility index (Phi) is 4.68. The van der Waals surface area contributed by atoms with Crippen molar-refractivity contribution < 1.29 is 9.53 Å². The molecule has 136 valence electrons. The van der Waals surface area contributed by atoms with Crippen LogP contribution in [0.15, 0.2) is 78.6 Å². The van der Waals surface area contributed by atoms with Gasteiger partial charge in [-0.3, -0.25) is 4.90 Å². The lowest BCUT2D eigenvalue weighted by molar-refractivity contribution is 0.154. The largest absolute Gasteiger partial charge is 0.416 e. The topological polar surface area (TPSA) is 29.5 Å². The first kappa shape index (κ1) is 18.0. The van der Waals surface area contributed by atoms with E-state index in [1.54, 1.807) is 4.90 Å². The molecule has 1 amide bonds. The van der Waals surface area contributed by atoms with Crippen molar-refractivity contribution in [2.24, 2.45) is 0 Å². The Morgan fingerprint density at radius 2 is 1.63 bits per heavy atom. The van der Waals surface area contributed by atoms with Gasteiger partial charge in [0, 0.05) is 0 Å². The van der Waals surface area contributed by atoms with Crippen molar-refractivity contribution in [3.8, 4) is 0 Å². The van der Waals surface area contributed by atoms with Crippen LogP contribution in [-0.2, 0) is 11.3 Å². The number of hydrogen-bond donors (Lipinski definition) is 0. The maximum atomic E-state index is 12.6. The number of carbonyl (C=O) groups is 1. The summed E-state index contributed by atoms with van der Waals surface area (Å²) in [6.45, 7) is 4.60. The Bertz CT molecular complexity index is 1040. The first-order chi connectivity index (χ1) is 13.0. The van der Waals surface area contributed by atoms with Gasteiger partial charge in [-0.2, -0.15) is 0 Å². The molecule has 3 aromatic carbocycles. The molecule has 0 atom stereocenters. The lowest BCUT2D eigenvalue weighted by Gasteiger charge is -2.29. The lowest BCUT2D eigenvalue weighted by Crippen LogP contribution is -2.40. The number of carbonyl (C=O) groups excluding carboxylic acids is 1. The van der Waals surface area contributed by atoms with Crippen LogP contribution in [0.5, 0.6) is 0 Å². The zero-order valence-electron chi connectivity index (χ0n) is 15.3. The SMILES string of the molecule is CC1(C)/C(=C(\I)c2ccc3ccccc3c2)OC(=O)N1Cc1ccccc1. The van der Waals surface area contributed by atoms with Crippen LogP contribution in [0.25, 0.3) is 14.4 Å². The number of rotatable bonds is 3. The van der Waals surface area contributed by atoms with Crippen molar-refractivity contribution in [1.82, 2.24) is 4.90 Å². The van der Waals surface area contributed by atoms with E-state index in [2.05, 4.69) is 52.9 Å². The zero-order chi connectivity index (χ0) is 19.0.